The van der Waals surface area contributed by atoms with Gasteiger partial charge < -0.3 is 19.3 Å². The van der Waals surface area contributed by atoms with Crippen molar-refractivity contribution in [1.82, 2.24) is 9.80 Å². The molecule has 0 unspecified atom stereocenters. The molecule has 0 bridgehead atoms. The van der Waals surface area contributed by atoms with Crippen molar-refractivity contribution in [3.05, 3.63) is 35.4 Å². The van der Waals surface area contributed by atoms with Crippen molar-refractivity contribution in [1.29, 1.82) is 0 Å². The van der Waals surface area contributed by atoms with Crippen LogP contribution in [0.25, 0.3) is 0 Å². The number of ether oxygens (including phenoxy) is 2. The minimum Gasteiger partial charge on any atom is -0.493 e. The average molecular weight is 401 g/mol. The molecule has 29 heavy (non-hydrogen) atoms. The van der Waals surface area contributed by atoms with E-state index >= 15 is 0 Å². The Bertz CT molecular complexity index is 716. The van der Waals surface area contributed by atoms with Crippen LogP contribution in [0.5, 0.6) is 11.5 Å². The Kier molecular flexibility index (Phi) is 7.99. The zero-order valence-electron chi connectivity index (χ0n) is 18.3. The van der Waals surface area contributed by atoms with Crippen LogP contribution in [0.2, 0.25) is 0 Å². The number of hydrogen-bond acceptors (Lipinski definition) is 4. The Hall–Kier alpha value is -2.01. The number of likely N-dealkylation sites (tertiary alicyclic amines) is 1. The third kappa shape index (κ3) is 5.99. The molecule has 0 radical (unpaired) electrons. The highest BCUT2D eigenvalue weighted by molar-refractivity contribution is 5.78. The molecule has 1 amide bonds. The molecule has 1 fully saturated rings. The lowest BCUT2D eigenvalue weighted by Gasteiger charge is -2.38. The van der Waals surface area contributed by atoms with Crippen LogP contribution in [-0.4, -0.2) is 62.7 Å². The summed E-state index contributed by atoms with van der Waals surface area (Å²) in [5.41, 5.74) is 2.59. The van der Waals surface area contributed by atoms with Gasteiger partial charge in [-0.3, -0.25) is 4.79 Å². The number of rotatable bonds is 8. The predicted octanol–water partition coefficient (Wildman–Crippen LogP) is 4.06. The van der Waals surface area contributed by atoms with Gasteiger partial charge in [0.05, 0.1) is 14.2 Å². The van der Waals surface area contributed by atoms with Crippen LogP contribution in [-0.2, 0) is 11.2 Å². The second-order valence-corrected chi connectivity index (χ2v) is 8.34. The van der Waals surface area contributed by atoms with Crippen LogP contribution in [0, 0.1) is 0 Å². The van der Waals surface area contributed by atoms with Gasteiger partial charge in [0.15, 0.2) is 11.5 Å². The molecule has 0 aromatic heterocycles. The van der Waals surface area contributed by atoms with E-state index in [4.69, 9.17) is 9.47 Å². The van der Waals surface area contributed by atoms with Gasteiger partial charge in [0.1, 0.15) is 0 Å². The molecule has 0 saturated carbocycles. The number of hydrogen-bond donors (Lipinski definition) is 0. The molecule has 5 nitrogen and oxygen atoms in total. The van der Waals surface area contributed by atoms with E-state index in [1.807, 2.05) is 6.07 Å². The van der Waals surface area contributed by atoms with E-state index in [0.29, 0.717) is 18.4 Å². The van der Waals surface area contributed by atoms with E-state index in [1.165, 1.54) is 24.0 Å². The fraction of sp³-hybridized carbons (Fsp3) is 0.625. The number of methoxy groups -OCH3 is 2. The Balaban J connectivity index is 1.50. The molecule has 1 saturated heterocycles. The zero-order chi connectivity index (χ0) is 20.6. The molecule has 0 spiro atoms. The van der Waals surface area contributed by atoms with Gasteiger partial charge in [-0.15, -0.1) is 0 Å². The first kappa shape index (κ1) is 21.7. The van der Waals surface area contributed by atoms with Crippen molar-refractivity contribution < 1.29 is 14.3 Å². The standard InChI is InChI=1S/C24H36N2O3/c1-25(15-13-20-11-12-22(28-2)23(16-20)29-3)21-10-7-14-26(18-21)24(27)17-19-8-5-4-6-9-19/h8,11-12,16,21H,4-7,9-10,13-15,17-18H2,1-3H3/t21-/m1/s1. The van der Waals surface area contributed by atoms with E-state index in [9.17, 15) is 4.79 Å². The van der Waals surface area contributed by atoms with Crippen molar-refractivity contribution in [2.45, 2.75) is 57.4 Å². The number of nitrogens with zero attached hydrogens (tertiary/aromatic N) is 2. The SMILES string of the molecule is COc1ccc(CCN(C)[C@@H]2CCCN(C(=O)CC3=CCCCC3)C2)cc1OC. The largest absolute Gasteiger partial charge is 0.493 e. The minimum absolute atomic E-state index is 0.316. The normalized spacial score (nSPS) is 19.8. The van der Waals surface area contributed by atoms with Crippen molar-refractivity contribution >= 4 is 5.91 Å². The summed E-state index contributed by atoms with van der Waals surface area (Å²) in [7, 11) is 5.51. The van der Waals surface area contributed by atoms with Crippen molar-refractivity contribution in [3.8, 4) is 11.5 Å². The second kappa shape index (κ2) is 10.7. The monoisotopic (exact) mass is 400 g/mol. The van der Waals surface area contributed by atoms with Crippen LogP contribution in [0.15, 0.2) is 29.8 Å². The molecular formula is C24H36N2O3. The summed E-state index contributed by atoms with van der Waals surface area (Å²) < 4.78 is 10.7. The first-order chi connectivity index (χ1) is 14.1. The molecule has 1 aliphatic carbocycles. The molecule has 3 rings (SSSR count). The van der Waals surface area contributed by atoms with Gasteiger partial charge in [-0.1, -0.05) is 17.7 Å². The van der Waals surface area contributed by atoms with Crippen LogP contribution in [0.3, 0.4) is 0 Å². The lowest BCUT2D eigenvalue weighted by molar-refractivity contribution is -0.132. The molecular weight excluding hydrogens is 364 g/mol. The van der Waals surface area contributed by atoms with E-state index in [2.05, 4.69) is 35.1 Å². The highest BCUT2D eigenvalue weighted by Gasteiger charge is 2.26. The fourth-order valence-corrected chi connectivity index (χ4v) is 4.44. The minimum atomic E-state index is 0.316. The highest BCUT2D eigenvalue weighted by atomic mass is 16.5. The maximum atomic E-state index is 12.8. The van der Waals surface area contributed by atoms with Gasteiger partial charge in [0.25, 0.3) is 0 Å². The summed E-state index contributed by atoms with van der Waals surface area (Å²) in [5, 5.41) is 0. The van der Waals surface area contributed by atoms with E-state index in [-0.39, 0.29) is 0 Å². The predicted molar refractivity (Wildman–Crippen MR) is 117 cm³/mol. The van der Waals surface area contributed by atoms with E-state index < -0.39 is 0 Å². The molecule has 1 heterocycles. The lowest BCUT2D eigenvalue weighted by atomic mass is 9.96. The molecule has 2 aliphatic rings. The van der Waals surface area contributed by atoms with Crippen molar-refractivity contribution in [3.63, 3.8) is 0 Å². The Labute approximate surface area is 175 Å². The molecule has 0 N–H and O–H groups in total. The highest BCUT2D eigenvalue weighted by Crippen LogP contribution is 2.28. The Morgan fingerprint density at radius 1 is 1.17 bits per heavy atom. The molecule has 1 aromatic rings. The number of amides is 1. The number of likely N-dealkylation sites (N-methyl/N-ethyl adjacent to an activating group) is 1. The fourth-order valence-electron chi connectivity index (χ4n) is 4.44. The van der Waals surface area contributed by atoms with Gasteiger partial charge >= 0.3 is 0 Å². The zero-order valence-corrected chi connectivity index (χ0v) is 18.3. The quantitative estimate of drug-likeness (QED) is 0.617. The van der Waals surface area contributed by atoms with Crippen LogP contribution < -0.4 is 9.47 Å². The van der Waals surface area contributed by atoms with Crippen LogP contribution >= 0.6 is 0 Å². The summed E-state index contributed by atoms with van der Waals surface area (Å²) in [6.45, 7) is 2.73. The third-order valence-corrected chi connectivity index (χ3v) is 6.34. The van der Waals surface area contributed by atoms with Gasteiger partial charge in [0, 0.05) is 32.1 Å². The first-order valence-corrected chi connectivity index (χ1v) is 11.0. The topological polar surface area (TPSA) is 42.0 Å². The second-order valence-electron chi connectivity index (χ2n) is 8.34. The van der Waals surface area contributed by atoms with Gasteiger partial charge in [-0.2, -0.15) is 0 Å². The van der Waals surface area contributed by atoms with Crippen molar-refractivity contribution in [2.75, 3.05) is 40.9 Å². The summed E-state index contributed by atoms with van der Waals surface area (Å²) in [6.07, 6.45) is 10.9. The number of allylic oxidation sites excluding steroid dienone is 1. The molecule has 1 atom stereocenters. The summed E-state index contributed by atoms with van der Waals surface area (Å²) in [6, 6.07) is 6.56. The molecule has 1 aromatic carbocycles. The maximum absolute atomic E-state index is 12.8. The summed E-state index contributed by atoms with van der Waals surface area (Å²) in [5.74, 6) is 1.86. The summed E-state index contributed by atoms with van der Waals surface area (Å²) >= 11 is 0. The Morgan fingerprint density at radius 2 is 2.00 bits per heavy atom. The van der Waals surface area contributed by atoms with Crippen LogP contribution in [0.4, 0.5) is 0 Å². The third-order valence-electron chi connectivity index (χ3n) is 6.34. The first-order valence-electron chi connectivity index (χ1n) is 11.0. The molecule has 1 aliphatic heterocycles. The number of piperidine rings is 1. The average Bonchev–Trinajstić information content (AvgIpc) is 2.78. The van der Waals surface area contributed by atoms with Gasteiger partial charge in [-0.05, 0) is 69.7 Å². The maximum Gasteiger partial charge on any atom is 0.226 e. The van der Waals surface area contributed by atoms with Gasteiger partial charge in [-0.25, -0.2) is 0 Å². The van der Waals surface area contributed by atoms with E-state index in [0.717, 1.165) is 63.2 Å². The number of carbonyl (C=O) groups excluding carboxylic acids is 1. The van der Waals surface area contributed by atoms with Crippen molar-refractivity contribution in [2.24, 2.45) is 0 Å². The van der Waals surface area contributed by atoms with Gasteiger partial charge in [0.2, 0.25) is 5.91 Å². The summed E-state index contributed by atoms with van der Waals surface area (Å²) in [4.78, 5) is 17.3. The Morgan fingerprint density at radius 3 is 2.72 bits per heavy atom. The number of benzene rings is 1. The lowest BCUT2D eigenvalue weighted by Crippen LogP contribution is -2.49. The van der Waals surface area contributed by atoms with Crippen LogP contribution in [0.1, 0.15) is 50.5 Å². The molecule has 5 heteroatoms. The molecule has 160 valence electrons. The van der Waals surface area contributed by atoms with E-state index in [1.54, 1.807) is 14.2 Å². The number of carbonyl (C=O) groups is 1. The smallest absolute Gasteiger partial charge is 0.226 e.